The van der Waals surface area contributed by atoms with Gasteiger partial charge in [0, 0.05) is 32.8 Å². The highest BCUT2D eigenvalue weighted by Gasteiger charge is 2.36. The maximum absolute atomic E-state index is 13.3. The fourth-order valence-corrected chi connectivity index (χ4v) is 3.38. The number of hydrogen-bond acceptors (Lipinski definition) is 3. The van der Waals surface area contributed by atoms with Crippen LogP contribution in [0.1, 0.15) is 25.3 Å². The van der Waals surface area contributed by atoms with Gasteiger partial charge in [0.2, 0.25) is 5.91 Å². The van der Waals surface area contributed by atoms with Gasteiger partial charge in [-0.25, -0.2) is 9.97 Å². The van der Waals surface area contributed by atoms with Crippen LogP contribution in [0.3, 0.4) is 0 Å². The number of halogens is 4. The minimum absolute atomic E-state index is 0.0266. The zero-order valence-corrected chi connectivity index (χ0v) is 13.7. The summed E-state index contributed by atoms with van der Waals surface area (Å²) in [7, 11) is 0. The van der Waals surface area contributed by atoms with Gasteiger partial charge in [-0.2, -0.15) is 13.2 Å². The second-order valence-electron chi connectivity index (χ2n) is 6.01. The van der Waals surface area contributed by atoms with Gasteiger partial charge in [-0.1, -0.05) is 11.6 Å². The summed E-state index contributed by atoms with van der Waals surface area (Å²) < 4.78 is 41.3. The predicted octanol–water partition coefficient (Wildman–Crippen LogP) is 3.36. The molecular weight excluding hydrogens is 345 g/mol. The van der Waals surface area contributed by atoms with Crippen LogP contribution in [-0.4, -0.2) is 38.4 Å². The third-order valence-corrected chi connectivity index (χ3v) is 4.71. The summed E-state index contributed by atoms with van der Waals surface area (Å²) in [6, 6.07) is 0. The molecule has 0 aliphatic carbocycles. The first-order valence-electron chi connectivity index (χ1n) is 7.59. The number of carbonyl (C=O) groups is 1. The molecule has 3 rings (SSSR count). The Morgan fingerprint density at radius 2 is 2.00 bits per heavy atom. The Labute approximate surface area is 141 Å². The van der Waals surface area contributed by atoms with Crippen LogP contribution in [0.15, 0.2) is 12.5 Å². The number of likely N-dealkylation sites (tertiary alicyclic amines) is 1. The van der Waals surface area contributed by atoms with Crippen LogP contribution in [0.4, 0.5) is 13.2 Å². The third-order valence-electron chi connectivity index (χ3n) is 4.43. The summed E-state index contributed by atoms with van der Waals surface area (Å²) in [5.74, 6) is 0.213. The van der Waals surface area contributed by atoms with Crippen molar-refractivity contribution in [1.29, 1.82) is 0 Å². The molecule has 0 unspecified atom stereocenters. The standard InChI is InChI=1S/C15H16ClF3N4O/c1-9(24)22-4-2-10(3-5-22)6-23-7-11(15(17,18)19)12-13(16)20-8-21-14(12)23/h7-8,10H,2-6H2,1H3. The van der Waals surface area contributed by atoms with Crippen molar-refractivity contribution < 1.29 is 18.0 Å². The molecule has 9 heteroatoms. The molecule has 0 saturated carbocycles. The molecule has 1 aliphatic rings. The minimum atomic E-state index is -4.52. The molecule has 0 bridgehead atoms. The lowest BCUT2D eigenvalue weighted by molar-refractivity contribution is -0.136. The number of alkyl halides is 3. The van der Waals surface area contributed by atoms with Gasteiger partial charge >= 0.3 is 6.18 Å². The fraction of sp³-hybridized carbons (Fsp3) is 0.533. The van der Waals surface area contributed by atoms with Gasteiger partial charge in [-0.05, 0) is 18.8 Å². The predicted molar refractivity (Wildman–Crippen MR) is 82.5 cm³/mol. The molecule has 0 atom stereocenters. The lowest BCUT2D eigenvalue weighted by Gasteiger charge is -2.31. The van der Waals surface area contributed by atoms with Gasteiger partial charge in [-0.15, -0.1) is 0 Å². The molecule has 0 spiro atoms. The summed E-state index contributed by atoms with van der Waals surface area (Å²) in [4.78, 5) is 20.8. The number of aromatic nitrogens is 3. The van der Waals surface area contributed by atoms with Crippen molar-refractivity contribution in [3.05, 3.63) is 23.2 Å². The molecule has 1 saturated heterocycles. The van der Waals surface area contributed by atoms with E-state index in [1.807, 2.05) is 0 Å². The summed E-state index contributed by atoms with van der Waals surface area (Å²) in [6.45, 7) is 3.18. The highest BCUT2D eigenvalue weighted by molar-refractivity contribution is 6.34. The molecule has 0 aromatic carbocycles. The quantitative estimate of drug-likeness (QED) is 0.772. The SMILES string of the molecule is CC(=O)N1CCC(Cn2cc(C(F)(F)F)c3c(Cl)ncnc32)CC1. The maximum Gasteiger partial charge on any atom is 0.418 e. The number of rotatable bonds is 2. The number of nitrogens with zero attached hydrogens (tertiary/aromatic N) is 4. The van der Waals surface area contributed by atoms with Gasteiger partial charge < -0.3 is 9.47 Å². The van der Waals surface area contributed by atoms with E-state index in [4.69, 9.17) is 11.6 Å². The Hall–Kier alpha value is -1.83. The zero-order chi connectivity index (χ0) is 17.5. The molecule has 5 nitrogen and oxygen atoms in total. The number of carbonyl (C=O) groups excluding carboxylic acids is 1. The fourth-order valence-electron chi connectivity index (χ4n) is 3.15. The van der Waals surface area contributed by atoms with Crippen LogP contribution in [-0.2, 0) is 17.5 Å². The van der Waals surface area contributed by atoms with Crippen molar-refractivity contribution in [2.45, 2.75) is 32.5 Å². The summed E-state index contributed by atoms with van der Waals surface area (Å²) in [5.41, 5.74) is -0.624. The Balaban J connectivity index is 1.88. The van der Waals surface area contributed by atoms with Crippen LogP contribution >= 0.6 is 11.6 Å². The average molecular weight is 361 g/mol. The van der Waals surface area contributed by atoms with Crippen molar-refractivity contribution in [3.8, 4) is 0 Å². The van der Waals surface area contributed by atoms with E-state index in [2.05, 4.69) is 9.97 Å². The summed E-state index contributed by atoms with van der Waals surface area (Å²) in [6.07, 6.45) is -0.795. The van der Waals surface area contributed by atoms with E-state index in [9.17, 15) is 18.0 Å². The van der Waals surface area contributed by atoms with E-state index < -0.39 is 11.7 Å². The summed E-state index contributed by atoms with van der Waals surface area (Å²) in [5, 5.41) is -0.356. The topological polar surface area (TPSA) is 51.0 Å². The van der Waals surface area contributed by atoms with Gasteiger partial charge in [0.05, 0.1) is 10.9 Å². The average Bonchev–Trinajstić information content (AvgIpc) is 2.88. The minimum Gasteiger partial charge on any atom is -0.343 e. The molecule has 0 N–H and O–H groups in total. The summed E-state index contributed by atoms with van der Waals surface area (Å²) >= 11 is 5.87. The highest BCUT2D eigenvalue weighted by atomic mass is 35.5. The van der Waals surface area contributed by atoms with Crippen molar-refractivity contribution in [3.63, 3.8) is 0 Å². The molecule has 1 aliphatic heterocycles. The van der Waals surface area contributed by atoms with Gasteiger partial charge in [0.1, 0.15) is 17.1 Å². The van der Waals surface area contributed by atoms with Crippen LogP contribution in [0, 0.1) is 5.92 Å². The lowest BCUT2D eigenvalue weighted by Crippen LogP contribution is -2.37. The molecule has 3 heterocycles. The van der Waals surface area contributed by atoms with Crippen molar-refractivity contribution >= 4 is 28.5 Å². The van der Waals surface area contributed by atoms with Gasteiger partial charge in [0.15, 0.2) is 0 Å². The Bertz CT molecular complexity index is 766. The first-order valence-corrected chi connectivity index (χ1v) is 7.97. The highest BCUT2D eigenvalue weighted by Crippen LogP contribution is 2.38. The Morgan fingerprint density at radius 3 is 2.58 bits per heavy atom. The van der Waals surface area contributed by atoms with Crippen molar-refractivity contribution in [2.75, 3.05) is 13.1 Å². The van der Waals surface area contributed by atoms with Crippen LogP contribution in [0.2, 0.25) is 5.15 Å². The molecule has 130 valence electrons. The first kappa shape index (κ1) is 17.0. The number of piperidine rings is 1. The second-order valence-corrected chi connectivity index (χ2v) is 6.36. The van der Waals surface area contributed by atoms with E-state index >= 15 is 0 Å². The monoisotopic (exact) mass is 360 g/mol. The van der Waals surface area contributed by atoms with Crippen LogP contribution < -0.4 is 0 Å². The van der Waals surface area contributed by atoms with Crippen molar-refractivity contribution in [1.82, 2.24) is 19.4 Å². The first-order chi connectivity index (χ1) is 11.3. The zero-order valence-electron chi connectivity index (χ0n) is 13.0. The van der Waals surface area contributed by atoms with E-state index in [0.717, 1.165) is 19.0 Å². The second kappa shape index (κ2) is 6.23. The number of fused-ring (bicyclic) bond motifs is 1. The van der Waals surface area contributed by atoms with Gasteiger partial charge in [0.25, 0.3) is 0 Å². The van der Waals surface area contributed by atoms with Gasteiger partial charge in [-0.3, -0.25) is 4.79 Å². The molecule has 1 amide bonds. The molecule has 2 aromatic heterocycles. The third kappa shape index (κ3) is 3.19. The van der Waals surface area contributed by atoms with Crippen molar-refractivity contribution in [2.24, 2.45) is 5.92 Å². The largest absolute Gasteiger partial charge is 0.418 e. The number of amides is 1. The van der Waals surface area contributed by atoms with E-state index in [1.54, 1.807) is 4.90 Å². The van der Waals surface area contributed by atoms with E-state index in [0.29, 0.717) is 19.6 Å². The van der Waals surface area contributed by atoms with E-state index in [1.165, 1.54) is 17.8 Å². The van der Waals surface area contributed by atoms with E-state index in [-0.39, 0.29) is 28.0 Å². The molecular formula is C15H16ClF3N4O. The molecule has 0 radical (unpaired) electrons. The smallest absolute Gasteiger partial charge is 0.343 e. The lowest BCUT2D eigenvalue weighted by atomic mass is 9.97. The Morgan fingerprint density at radius 1 is 1.33 bits per heavy atom. The van der Waals surface area contributed by atoms with Crippen LogP contribution in [0.5, 0.6) is 0 Å². The maximum atomic E-state index is 13.3. The molecule has 24 heavy (non-hydrogen) atoms. The molecule has 2 aromatic rings. The van der Waals surface area contributed by atoms with Crippen LogP contribution in [0.25, 0.3) is 11.0 Å². The number of hydrogen-bond donors (Lipinski definition) is 0. The normalized spacial score (nSPS) is 16.8. The Kier molecular flexibility index (Phi) is 4.42. The molecule has 1 fully saturated rings.